The Morgan fingerprint density at radius 3 is 2.60 bits per heavy atom. The van der Waals surface area contributed by atoms with Crippen molar-refractivity contribution in [2.75, 3.05) is 53.6 Å². The summed E-state index contributed by atoms with van der Waals surface area (Å²) in [4.78, 5) is 6.96. The lowest BCUT2D eigenvalue weighted by molar-refractivity contribution is 0.145. The van der Waals surface area contributed by atoms with Gasteiger partial charge in [0.2, 0.25) is 0 Å². The van der Waals surface area contributed by atoms with Crippen molar-refractivity contribution in [2.24, 2.45) is 4.99 Å². The van der Waals surface area contributed by atoms with Crippen molar-refractivity contribution in [1.82, 2.24) is 15.5 Å². The van der Waals surface area contributed by atoms with Crippen LogP contribution in [0.25, 0.3) is 0 Å². The molecule has 2 rings (SSSR count). The second kappa shape index (κ2) is 16.6. The predicted octanol–water partition coefficient (Wildman–Crippen LogP) is 3.96. The summed E-state index contributed by atoms with van der Waals surface area (Å²) in [7, 11) is 3.50. The smallest absolute Gasteiger partial charge is 0.191 e. The van der Waals surface area contributed by atoms with Gasteiger partial charge in [-0.15, -0.1) is 24.0 Å². The lowest BCUT2D eigenvalue weighted by atomic mass is 10.1. The highest BCUT2D eigenvalue weighted by Crippen LogP contribution is 2.20. The number of rotatable bonds is 12. The molecule has 1 heterocycles. The molecule has 0 atom stereocenters. The predicted molar refractivity (Wildman–Crippen MR) is 136 cm³/mol. The van der Waals surface area contributed by atoms with Crippen molar-refractivity contribution in [3.63, 3.8) is 0 Å². The summed E-state index contributed by atoms with van der Waals surface area (Å²) in [5, 5.41) is 6.82. The molecule has 6 nitrogen and oxygen atoms in total. The fourth-order valence-electron chi connectivity index (χ4n) is 3.60. The van der Waals surface area contributed by atoms with Crippen LogP contribution in [-0.4, -0.2) is 64.4 Å². The van der Waals surface area contributed by atoms with Crippen molar-refractivity contribution in [3.05, 3.63) is 29.3 Å². The highest BCUT2D eigenvalue weighted by Gasteiger charge is 2.09. The molecule has 30 heavy (non-hydrogen) atoms. The van der Waals surface area contributed by atoms with Gasteiger partial charge in [0.25, 0.3) is 0 Å². The highest BCUT2D eigenvalue weighted by atomic mass is 127. The molecule has 1 fully saturated rings. The standard InChI is InChI=1S/C23H40N4O2.HI/c1-20-10-11-21(22(18-20)29-17-16-28-3)19-26-23(24-2)25-12-6-4-7-13-27-14-8-5-9-15-27;/h10-11,18H,4-9,12-17,19H2,1-3H3,(H2,24,25,26);1H. The second-order valence-electron chi connectivity index (χ2n) is 7.77. The molecule has 0 aromatic heterocycles. The van der Waals surface area contributed by atoms with Crippen molar-refractivity contribution in [2.45, 2.75) is 52.0 Å². The SMILES string of the molecule is CN=C(NCCCCCN1CCCCC1)NCc1ccc(C)cc1OCCOC.I. The summed E-state index contributed by atoms with van der Waals surface area (Å²) in [5.74, 6) is 1.74. The Labute approximate surface area is 200 Å². The largest absolute Gasteiger partial charge is 0.491 e. The molecule has 1 aliphatic heterocycles. The summed E-state index contributed by atoms with van der Waals surface area (Å²) in [6.45, 7) is 8.69. The Morgan fingerprint density at radius 2 is 1.87 bits per heavy atom. The normalized spacial score (nSPS) is 14.8. The van der Waals surface area contributed by atoms with E-state index in [1.807, 2.05) is 7.05 Å². The van der Waals surface area contributed by atoms with Crippen molar-refractivity contribution >= 4 is 29.9 Å². The Hall–Kier alpha value is -1.06. The van der Waals surface area contributed by atoms with Crippen LogP contribution >= 0.6 is 24.0 Å². The van der Waals surface area contributed by atoms with Gasteiger partial charge < -0.3 is 25.0 Å². The number of halogens is 1. The zero-order valence-corrected chi connectivity index (χ0v) is 21.4. The number of hydrogen-bond donors (Lipinski definition) is 2. The number of guanidine groups is 1. The van der Waals surface area contributed by atoms with E-state index in [1.165, 1.54) is 63.7 Å². The van der Waals surface area contributed by atoms with Crippen LogP contribution in [0.1, 0.15) is 49.7 Å². The fourth-order valence-corrected chi connectivity index (χ4v) is 3.60. The van der Waals surface area contributed by atoms with E-state index in [-0.39, 0.29) is 24.0 Å². The summed E-state index contributed by atoms with van der Waals surface area (Å²) in [6.07, 6.45) is 7.89. The molecule has 0 spiro atoms. The second-order valence-corrected chi connectivity index (χ2v) is 7.77. The minimum atomic E-state index is 0. The number of aliphatic imine (C=N–C) groups is 1. The van der Waals surface area contributed by atoms with E-state index in [2.05, 4.69) is 45.6 Å². The number of unbranched alkanes of at least 4 members (excludes halogenated alkanes) is 2. The molecule has 1 aromatic carbocycles. The maximum Gasteiger partial charge on any atom is 0.191 e. The van der Waals surface area contributed by atoms with Gasteiger partial charge in [-0.25, -0.2) is 0 Å². The topological polar surface area (TPSA) is 58.1 Å². The lowest BCUT2D eigenvalue weighted by Crippen LogP contribution is -2.37. The molecule has 0 bridgehead atoms. The first-order valence-electron chi connectivity index (χ1n) is 11.1. The molecule has 0 amide bonds. The van der Waals surface area contributed by atoms with Gasteiger partial charge in [-0.05, 0) is 63.9 Å². The molecule has 1 saturated heterocycles. The molecule has 172 valence electrons. The first-order valence-corrected chi connectivity index (χ1v) is 11.1. The molecular weight excluding hydrogens is 491 g/mol. The van der Waals surface area contributed by atoms with E-state index in [4.69, 9.17) is 9.47 Å². The van der Waals surface area contributed by atoms with E-state index in [9.17, 15) is 0 Å². The molecule has 0 saturated carbocycles. The van der Waals surface area contributed by atoms with Gasteiger partial charge in [0.05, 0.1) is 6.61 Å². The zero-order chi connectivity index (χ0) is 20.7. The van der Waals surface area contributed by atoms with Gasteiger partial charge in [0.15, 0.2) is 5.96 Å². The number of likely N-dealkylation sites (tertiary alicyclic amines) is 1. The van der Waals surface area contributed by atoms with E-state index in [0.717, 1.165) is 23.8 Å². The minimum absolute atomic E-state index is 0. The van der Waals surface area contributed by atoms with Gasteiger partial charge in [-0.1, -0.05) is 25.0 Å². The third-order valence-corrected chi connectivity index (χ3v) is 5.33. The van der Waals surface area contributed by atoms with E-state index < -0.39 is 0 Å². The Bertz CT molecular complexity index is 607. The third kappa shape index (κ3) is 10.8. The molecule has 0 unspecified atom stereocenters. The average Bonchev–Trinajstić information content (AvgIpc) is 2.74. The number of aryl methyl sites for hydroxylation is 1. The van der Waals surface area contributed by atoms with Gasteiger partial charge in [-0.3, -0.25) is 4.99 Å². The maximum absolute atomic E-state index is 5.87. The first kappa shape index (κ1) is 27.0. The van der Waals surface area contributed by atoms with E-state index in [1.54, 1.807) is 7.11 Å². The van der Waals surface area contributed by atoms with Crippen LogP contribution in [0.5, 0.6) is 5.75 Å². The number of benzene rings is 1. The Morgan fingerprint density at radius 1 is 1.07 bits per heavy atom. The number of hydrogen-bond acceptors (Lipinski definition) is 4. The zero-order valence-electron chi connectivity index (χ0n) is 19.0. The number of nitrogens with one attached hydrogen (secondary N) is 2. The number of ether oxygens (including phenoxy) is 2. The van der Waals surface area contributed by atoms with Crippen LogP contribution in [0.4, 0.5) is 0 Å². The van der Waals surface area contributed by atoms with Crippen LogP contribution in [0.3, 0.4) is 0 Å². The molecule has 2 N–H and O–H groups in total. The van der Waals surface area contributed by atoms with Gasteiger partial charge >= 0.3 is 0 Å². The summed E-state index contributed by atoms with van der Waals surface area (Å²) in [5.41, 5.74) is 2.31. The quantitative estimate of drug-likeness (QED) is 0.185. The minimum Gasteiger partial charge on any atom is -0.491 e. The number of methoxy groups -OCH3 is 1. The summed E-state index contributed by atoms with van der Waals surface area (Å²) in [6, 6.07) is 6.29. The van der Waals surface area contributed by atoms with E-state index >= 15 is 0 Å². The van der Waals surface area contributed by atoms with Crippen LogP contribution in [-0.2, 0) is 11.3 Å². The average molecular weight is 533 g/mol. The molecular formula is C23H41IN4O2. The van der Waals surface area contributed by atoms with Crippen molar-refractivity contribution in [3.8, 4) is 5.75 Å². The molecule has 0 aliphatic carbocycles. The maximum atomic E-state index is 5.87. The van der Waals surface area contributed by atoms with Crippen LogP contribution in [0.15, 0.2) is 23.2 Å². The molecule has 0 radical (unpaired) electrons. The molecule has 1 aromatic rings. The van der Waals surface area contributed by atoms with Crippen molar-refractivity contribution in [1.29, 1.82) is 0 Å². The third-order valence-electron chi connectivity index (χ3n) is 5.33. The Balaban J connectivity index is 0.00000450. The fraction of sp³-hybridized carbons (Fsp3) is 0.696. The van der Waals surface area contributed by atoms with Crippen molar-refractivity contribution < 1.29 is 9.47 Å². The van der Waals surface area contributed by atoms with Crippen LogP contribution in [0, 0.1) is 6.92 Å². The van der Waals surface area contributed by atoms with Gasteiger partial charge in [0, 0.05) is 32.8 Å². The lowest BCUT2D eigenvalue weighted by Gasteiger charge is -2.26. The van der Waals surface area contributed by atoms with Gasteiger partial charge in [-0.2, -0.15) is 0 Å². The molecule has 7 heteroatoms. The van der Waals surface area contributed by atoms with Crippen LogP contribution < -0.4 is 15.4 Å². The van der Waals surface area contributed by atoms with Gasteiger partial charge in [0.1, 0.15) is 12.4 Å². The Kier molecular flexibility index (Phi) is 14.9. The van der Waals surface area contributed by atoms with E-state index in [0.29, 0.717) is 19.8 Å². The highest BCUT2D eigenvalue weighted by molar-refractivity contribution is 14.0. The first-order chi connectivity index (χ1) is 14.2. The summed E-state index contributed by atoms with van der Waals surface area (Å²) >= 11 is 0. The monoisotopic (exact) mass is 532 g/mol. The number of nitrogens with zero attached hydrogens (tertiary/aromatic N) is 2. The summed E-state index contributed by atoms with van der Waals surface area (Å²) < 4.78 is 11.0. The molecule has 1 aliphatic rings. The van der Waals surface area contributed by atoms with Crippen LogP contribution in [0.2, 0.25) is 0 Å². The number of piperidine rings is 1.